The molecule has 0 aliphatic carbocycles. The molecule has 5 rings (SSSR count). The summed E-state index contributed by atoms with van der Waals surface area (Å²) in [6.45, 7) is 10.4. The lowest BCUT2D eigenvalue weighted by Gasteiger charge is -2.36. The van der Waals surface area contributed by atoms with Crippen LogP contribution in [-0.4, -0.2) is 42.0 Å². The number of ether oxygens (including phenoxy) is 1. The van der Waals surface area contributed by atoms with Crippen LogP contribution in [0.15, 0.2) is 66.4 Å². The number of phenolic OH excluding ortho intramolecular Hbond substituents is 1. The van der Waals surface area contributed by atoms with E-state index in [1.165, 1.54) is 5.56 Å². The molecule has 0 bridgehead atoms. The zero-order valence-electron chi connectivity index (χ0n) is 20.9. The maximum absolute atomic E-state index is 13.1. The van der Waals surface area contributed by atoms with E-state index in [2.05, 4.69) is 48.8 Å². The predicted octanol–water partition coefficient (Wildman–Crippen LogP) is 6.28. The lowest BCUT2D eigenvalue weighted by atomic mass is 9.86. The summed E-state index contributed by atoms with van der Waals surface area (Å²) >= 11 is 6.16. The monoisotopic (exact) mass is 502 g/mol. The number of fused-ring (bicyclic) bond motifs is 1. The number of allylic oxidation sites excluding steroid dienone is 1. The smallest absolute Gasteiger partial charge is 0.231 e. The average molecular weight is 503 g/mol. The molecule has 3 aromatic carbocycles. The van der Waals surface area contributed by atoms with Crippen LogP contribution in [0.5, 0.6) is 11.5 Å². The van der Waals surface area contributed by atoms with E-state index in [9.17, 15) is 9.90 Å². The molecule has 2 aliphatic rings. The fourth-order valence-corrected chi connectivity index (χ4v) is 4.93. The third-order valence-corrected chi connectivity index (χ3v) is 7.15. The van der Waals surface area contributed by atoms with Crippen molar-refractivity contribution in [1.82, 2.24) is 4.90 Å². The molecule has 1 saturated heterocycles. The van der Waals surface area contributed by atoms with E-state index in [1.807, 2.05) is 30.3 Å². The number of carbonyl (C=O) groups excluding carboxylic acids is 1. The van der Waals surface area contributed by atoms with E-state index in [0.717, 1.165) is 42.5 Å². The van der Waals surface area contributed by atoms with Gasteiger partial charge < -0.3 is 14.7 Å². The molecule has 2 heterocycles. The van der Waals surface area contributed by atoms with Gasteiger partial charge in [-0.25, -0.2) is 0 Å². The molecule has 6 heteroatoms. The maximum Gasteiger partial charge on any atom is 0.231 e. The predicted molar refractivity (Wildman–Crippen MR) is 145 cm³/mol. The van der Waals surface area contributed by atoms with Crippen molar-refractivity contribution in [1.29, 1.82) is 0 Å². The van der Waals surface area contributed by atoms with Crippen molar-refractivity contribution < 1.29 is 14.6 Å². The topological polar surface area (TPSA) is 53.0 Å². The Morgan fingerprint density at radius 2 is 1.72 bits per heavy atom. The van der Waals surface area contributed by atoms with Gasteiger partial charge in [0.1, 0.15) is 11.5 Å². The molecule has 186 valence electrons. The highest BCUT2D eigenvalue weighted by Crippen LogP contribution is 2.40. The van der Waals surface area contributed by atoms with Crippen LogP contribution in [0.1, 0.15) is 47.8 Å². The van der Waals surface area contributed by atoms with Crippen molar-refractivity contribution in [3.8, 4) is 11.5 Å². The molecular weight excluding hydrogens is 472 g/mol. The molecule has 1 fully saturated rings. The second-order valence-electron chi connectivity index (χ2n) is 10.5. The third kappa shape index (κ3) is 4.99. The van der Waals surface area contributed by atoms with E-state index in [1.54, 1.807) is 18.2 Å². The number of halogens is 1. The third-order valence-electron chi connectivity index (χ3n) is 6.92. The number of hydrogen-bond acceptors (Lipinski definition) is 5. The van der Waals surface area contributed by atoms with Crippen LogP contribution in [0, 0.1) is 0 Å². The summed E-state index contributed by atoms with van der Waals surface area (Å²) in [5.41, 5.74) is 4.47. The van der Waals surface area contributed by atoms with Gasteiger partial charge in [-0.1, -0.05) is 62.7 Å². The highest BCUT2D eigenvalue weighted by Gasteiger charge is 2.32. The summed E-state index contributed by atoms with van der Waals surface area (Å²) in [6, 6.07) is 19.3. The van der Waals surface area contributed by atoms with Crippen LogP contribution in [-0.2, 0) is 12.0 Å². The number of aromatic hydroxyl groups is 1. The summed E-state index contributed by atoms with van der Waals surface area (Å²) in [4.78, 5) is 17.7. The summed E-state index contributed by atoms with van der Waals surface area (Å²) in [6.07, 6.45) is 1.78. The van der Waals surface area contributed by atoms with Gasteiger partial charge in [0.15, 0.2) is 5.76 Å². The minimum absolute atomic E-state index is 0.0631. The number of hydrogen-bond donors (Lipinski definition) is 1. The lowest BCUT2D eigenvalue weighted by Crippen LogP contribution is -2.46. The number of phenols is 1. The number of piperazine rings is 1. The number of nitrogens with zero attached hydrogens (tertiary/aromatic N) is 2. The highest BCUT2D eigenvalue weighted by atomic mass is 35.5. The minimum Gasteiger partial charge on any atom is -0.507 e. The molecule has 3 aromatic rings. The summed E-state index contributed by atoms with van der Waals surface area (Å²) in [5, 5.41) is 11.4. The molecule has 0 aromatic heterocycles. The molecule has 0 unspecified atom stereocenters. The van der Waals surface area contributed by atoms with Crippen LogP contribution in [0.2, 0.25) is 5.02 Å². The van der Waals surface area contributed by atoms with Crippen LogP contribution >= 0.6 is 11.6 Å². The number of rotatable bonds is 4. The fourth-order valence-electron chi connectivity index (χ4n) is 4.74. The Hall–Kier alpha value is -3.28. The zero-order valence-corrected chi connectivity index (χ0v) is 21.7. The quantitative estimate of drug-likeness (QED) is 0.425. The van der Waals surface area contributed by atoms with Crippen LogP contribution in [0.3, 0.4) is 0 Å². The van der Waals surface area contributed by atoms with E-state index in [0.29, 0.717) is 23.4 Å². The fraction of sp³-hybridized carbons (Fsp3) is 0.300. The summed E-state index contributed by atoms with van der Waals surface area (Å²) in [7, 11) is 0. The van der Waals surface area contributed by atoms with Crippen molar-refractivity contribution in [2.75, 3.05) is 31.1 Å². The molecule has 5 nitrogen and oxygen atoms in total. The van der Waals surface area contributed by atoms with Crippen molar-refractivity contribution in [3.63, 3.8) is 0 Å². The van der Waals surface area contributed by atoms with Crippen molar-refractivity contribution in [2.24, 2.45) is 0 Å². The first kappa shape index (κ1) is 24.4. The second-order valence-corrected chi connectivity index (χ2v) is 10.9. The van der Waals surface area contributed by atoms with Gasteiger partial charge in [-0.15, -0.1) is 0 Å². The van der Waals surface area contributed by atoms with Gasteiger partial charge in [0, 0.05) is 43.4 Å². The molecule has 0 radical (unpaired) electrons. The first-order chi connectivity index (χ1) is 17.2. The number of benzene rings is 3. The Morgan fingerprint density at radius 3 is 2.39 bits per heavy atom. The molecule has 36 heavy (non-hydrogen) atoms. The average Bonchev–Trinajstić information content (AvgIpc) is 3.16. The summed E-state index contributed by atoms with van der Waals surface area (Å²) < 4.78 is 6.08. The van der Waals surface area contributed by atoms with Crippen LogP contribution in [0.25, 0.3) is 6.08 Å². The van der Waals surface area contributed by atoms with Crippen molar-refractivity contribution in [2.45, 2.75) is 32.7 Å². The summed E-state index contributed by atoms with van der Waals surface area (Å²) in [5.74, 6) is 0.743. The Balaban J connectivity index is 1.31. The largest absolute Gasteiger partial charge is 0.507 e. The molecular formula is C30H31ClN2O3. The number of Topliss-reactive ketones (excluding diaryl/α,β-unsaturated/α-hetero) is 1. The van der Waals surface area contributed by atoms with Crippen LogP contribution in [0.4, 0.5) is 5.69 Å². The van der Waals surface area contributed by atoms with E-state index in [4.69, 9.17) is 16.3 Å². The highest BCUT2D eigenvalue weighted by molar-refractivity contribution is 6.30. The number of ketones is 1. The second kappa shape index (κ2) is 9.64. The SMILES string of the molecule is CC(C)(C)c1ccc(/C=C2/Oc3c(ccc(O)c3CN3CCN(c4cccc(Cl)c4)CC3)C2=O)cc1. The Bertz CT molecular complexity index is 1320. The van der Waals surface area contributed by atoms with Crippen molar-refractivity contribution in [3.05, 3.63) is 93.7 Å². The normalized spacial score (nSPS) is 17.4. The zero-order chi connectivity index (χ0) is 25.4. The molecule has 2 aliphatic heterocycles. The Kier molecular flexibility index (Phi) is 6.54. The van der Waals surface area contributed by atoms with Crippen molar-refractivity contribution >= 4 is 29.1 Å². The Labute approximate surface area is 217 Å². The van der Waals surface area contributed by atoms with E-state index >= 15 is 0 Å². The van der Waals surface area contributed by atoms with Gasteiger partial charge in [0.2, 0.25) is 5.78 Å². The van der Waals surface area contributed by atoms with E-state index < -0.39 is 0 Å². The maximum atomic E-state index is 13.1. The molecule has 0 saturated carbocycles. The molecule has 0 spiro atoms. The lowest BCUT2D eigenvalue weighted by molar-refractivity contribution is 0.101. The van der Waals surface area contributed by atoms with Gasteiger partial charge in [0.05, 0.1) is 11.1 Å². The van der Waals surface area contributed by atoms with Gasteiger partial charge in [-0.2, -0.15) is 0 Å². The number of carbonyl (C=O) groups is 1. The van der Waals surface area contributed by atoms with Gasteiger partial charge in [-0.05, 0) is 52.9 Å². The van der Waals surface area contributed by atoms with Gasteiger partial charge >= 0.3 is 0 Å². The Morgan fingerprint density at radius 1 is 1.00 bits per heavy atom. The first-order valence-corrected chi connectivity index (χ1v) is 12.7. The first-order valence-electron chi connectivity index (χ1n) is 12.3. The van der Waals surface area contributed by atoms with E-state index in [-0.39, 0.29) is 22.7 Å². The molecule has 0 amide bonds. The minimum atomic E-state index is -0.156. The molecule has 1 N–H and O–H groups in total. The molecule has 0 atom stereocenters. The van der Waals surface area contributed by atoms with Gasteiger partial charge in [0.25, 0.3) is 0 Å². The standard InChI is InChI=1S/C30H31ClN2O3/c1-30(2,3)21-9-7-20(8-10-21)17-27-28(35)24-11-12-26(34)25(29(24)36-27)19-32-13-15-33(16-14-32)23-6-4-5-22(31)18-23/h4-12,17-18,34H,13-16,19H2,1-3H3/b27-17+. The van der Waals surface area contributed by atoms with Crippen LogP contribution < -0.4 is 9.64 Å². The van der Waals surface area contributed by atoms with Gasteiger partial charge in [-0.3, -0.25) is 9.69 Å². The number of anilines is 1.